The van der Waals surface area contributed by atoms with Gasteiger partial charge in [0.15, 0.2) is 0 Å². The molecular formula is C20H18N2O4S. The third-order valence-corrected chi connectivity index (χ3v) is 5.46. The van der Waals surface area contributed by atoms with E-state index < -0.39 is 28.7 Å². The van der Waals surface area contributed by atoms with Crippen LogP contribution in [0.4, 0.5) is 0 Å². The zero-order valence-electron chi connectivity index (χ0n) is 14.4. The summed E-state index contributed by atoms with van der Waals surface area (Å²) in [6.45, 7) is 0. The summed E-state index contributed by atoms with van der Waals surface area (Å²) in [4.78, 5) is 28.8. The van der Waals surface area contributed by atoms with Gasteiger partial charge in [0.2, 0.25) is 0 Å². The Morgan fingerprint density at radius 2 is 1.78 bits per heavy atom. The SMILES string of the molecule is O=C(N[C@H](CC[S@](=O)c1ccccc1)C(=O)O)c1cnc2ccccc2c1. The normalized spacial score (nSPS) is 13.0. The van der Waals surface area contributed by atoms with E-state index in [2.05, 4.69) is 10.3 Å². The molecule has 3 aromatic rings. The molecule has 0 unspecified atom stereocenters. The molecule has 1 amide bonds. The molecule has 7 heteroatoms. The van der Waals surface area contributed by atoms with Crippen LogP contribution in [0.5, 0.6) is 0 Å². The number of pyridine rings is 1. The van der Waals surface area contributed by atoms with Crippen molar-refractivity contribution in [3.05, 3.63) is 72.4 Å². The number of benzene rings is 2. The summed E-state index contributed by atoms with van der Waals surface area (Å²) in [6, 6.07) is 16.7. The monoisotopic (exact) mass is 382 g/mol. The third kappa shape index (κ3) is 4.77. The molecular weight excluding hydrogens is 364 g/mol. The van der Waals surface area contributed by atoms with Gasteiger partial charge in [-0.1, -0.05) is 36.4 Å². The van der Waals surface area contributed by atoms with E-state index in [0.29, 0.717) is 4.90 Å². The lowest BCUT2D eigenvalue weighted by atomic mass is 10.1. The Morgan fingerprint density at radius 1 is 1.07 bits per heavy atom. The van der Waals surface area contributed by atoms with E-state index in [4.69, 9.17) is 0 Å². The molecule has 1 heterocycles. The van der Waals surface area contributed by atoms with Gasteiger partial charge in [-0.15, -0.1) is 0 Å². The molecule has 0 fully saturated rings. The van der Waals surface area contributed by atoms with E-state index in [1.807, 2.05) is 30.3 Å². The van der Waals surface area contributed by atoms with Crippen molar-refractivity contribution in [3.63, 3.8) is 0 Å². The second-order valence-electron chi connectivity index (χ2n) is 5.93. The lowest BCUT2D eigenvalue weighted by molar-refractivity contribution is -0.139. The number of para-hydroxylation sites is 1. The predicted octanol–water partition coefficient (Wildman–Crippen LogP) is 2.62. The third-order valence-electron chi connectivity index (χ3n) is 4.05. The first-order chi connectivity index (χ1) is 13.0. The lowest BCUT2D eigenvalue weighted by Gasteiger charge is -2.14. The highest BCUT2D eigenvalue weighted by atomic mass is 32.2. The number of nitrogens with one attached hydrogen (secondary N) is 1. The Balaban J connectivity index is 1.67. The number of nitrogens with zero attached hydrogens (tertiary/aromatic N) is 1. The first-order valence-electron chi connectivity index (χ1n) is 8.36. The van der Waals surface area contributed by atoms with Gasteiger partial charge in [0.05, 0.1) is 21.9 Å². The number of carbonyl (C=O) groups excluding carboxylic acids is 1. The molecule has 0 radical (unpaired) electrons. The maximum Gasteiger partial charge on any atom is 0.326 e. The van der Waals surface area contributed by atoms with Crippen LogP contribution in [0.1, 0.15) is 16.8 Å². The lowest BCUT2D eigenvalue weighted by Crippen LogP contribution is -2.41. The fourth-order valence-electron chi connectivity index (χ4n) is 2.61. The van der Waals surface area contributed by atoms with Gasteiger partial charge in [0.25, 0.3) is 5.91 Å². The Hall–Kier alpha value is -3.06. The Morgan fingerprint density at radius 3 is 2.52 bits per heavy atom. The van der Waals surface area contributed by atoms with Crippen LogP contribution < -0.4 is 5.32 Å². The first kappa shape index (κ1) is 18.7. The highest BCUT2D eigenvalue weighted by molar-refractivity contribution is 7.85. The van der Waals surface area contributed by atoms with Gasteiger partial charge in [0, 0.05) is 22.2 Å². The van der Waals surface area contributed by atoms with Crippen LogP contribution in [-0.2, 0) is 15.6 Å². The van der Waals surface area contributed by atoms with Crippen molar-refractivity contribution in [2.24, 2.45) is 0 Å². The molecule has 0 saturated heterocycles. The van der Waals surface area contributed by atoms with Crippen LogP contribution in [0.15, 0.2) is 71.8 Å². The van der Waals surface area contributed by atoms with Crippen LogP contribution in [0.25, 0.3) is 10.9 Å². The molecule has 2 N–H and O–H groups in total. The van der Waals surface area contributed by atoms with Crippen molar-refractivity contribution in [2.45, 2.75) is 17.4 Å². The van der Waals surface area contributed by atoms with Crippen molar-refractivity contribution >= 4 is 33.6 Å². The number of carbonyl (C=O) groups is 2. The summed E-state index contributed by atoms with van der Waals surface area (Å²) >= 11 is 0. The van der Waals surface area contributed by atoms with Crippen molar-refractivity contribution in [3.8, 4) is 0 Å². The largest absolute Gasteiger partial charge is 0.480 e. The molecule has 1 aromatic heterocycles. The summed E-state index contributed by atoms with van der Waals surface area (Å²) in [6.07, 6.45) is 1.47. The molecule has 2 aromatic carbocycles. The number of aliphatic carboxylic acids is 1. The number of carboxylic acid groups (broad SMARTS) is 1. The number of fused-ring (bicyclic) bond motifs is 1. The minimum atomic E-state index is -1.33. The van der Waals surface area contributed by atoms with Gasteiger partial charge < -0.3 is 10.4 Å². The maximum atomic E-state index is 12.4. The number of amides is 1. The molecule has 6 nitrogen and oxygen atoms in total. The second kappa shape index (κ2) is 8.55. The van der Waals surface area contributed by atoms with Crippen LogP contribution in [-0.4, -0.2) is 38.0 Å². The molecule has 27 heavy (non-hydrogen) atoms. The Labute approximate surface area is 158 Å². The molecule has 0 bridgehead atoms. The highest BCUT2D eigenvalue weighted by Gasteiger charge is 2.22. The summed E-state index contributed by atoms with van der Waals surface area (Å²) in [5.41, 5.74) is 1.03. The Bertz CT molecular complexity index is 991. The van der Waals surface area contributed by atoms with E-state index in [-0.39, 0.29) is 17.7 Å². The summed E-state index contributed by atoms with van der Waals surface area (Å²) in [5.74, 6) is -1.55. The van der Waals surface area contributed by atoms with Gasteiger partial charge in [-0.3, -0.25) is 14.0 Å². The van der Waals surface area contributed by atoms with Crippen molar-refractivity contribution in [1.29, 1.82) is 0 Å². The average molecular weight is 382 g/mol. The van der Waals surface area contributed by atoms with Gasteiger partial charge in [-0.2, -0.15) is 0 Å². The van der Waals surface area contributed by atoms with E-state index in [0.717, 1.165) is 10.9 Å². The first-order valence-corrected chi connectivity index (χ1v) is 9.68. The van der Waals surface area contributed by atoms with Gasteiger partial charge >= 0.3 is 5.97 Å². The predicted molar refractivity (Wildman–Crippen MR) is 103 cm³/mol. The molecule has 2 atom stereocenters. The number of hydrogen-bond donors (Lipinski definition) is 2. The van der Waals surface area contributed by atoms with E-state index >= 15 is 0 Å². The fraction of sp³-hybridized carbons (Fsp3) is 0.150. The quantitative estimate of drug-likeness (QED) is 0.655. The van der Waals surface area contributed by atoms with E-state index in [1.54, 1.807) is 30.3 Å². The molecule has 0 saturated carbocycles. The number of aromatic nitrogens is 1. The molecule has 0 spiro atoms. The molecule has 0 aliphatic carbocycles. The van der Waals surface area contributed by atoms with Crippen LogP contribution in [0, 0.1) is 0 Å². The molecule has 138 valence electrons. The zero-order valence-corrected chi connectivity index (χ0v) is 15.2. The van der Waals surface area contributed by atoms with Crippen LogP contribution >= 0.6 is 0 Å². The Kier molecular flexibility index (Phi) is 5.93. The van der Waals surface area contributed by atoms with Crippen molar-refractivity contribution < 1.29 is 18.9 Å². The van der Waals surface area contributed by atoms with Crippen LogP contribution in [0.2, 0.25) is 0 Å². The fourth-order valence-corrected chi connectivity index (χ4v) is 3.76. The summed E-state index contributed by atoms with van der Waals surface area (Å²) < 4.78 is 12.3. The minimum absolute atomic E-state index is 0.0591. The maximum absolute atomic E-state index is 12.4. The number of hydrogen-bond acceptors (Lipinski definition) is 4. The average Bonchev–Trinajstić information content (AvgIpc) is 2.70. The number of rotatable bonds is 7. The molecule has 3 rings (SSSR count). The highest BCUT2D eigenvalue weighted by Crippen LogP contribution is 2.13. The van der Waals surface area contributed by atoms with Gasteiger partial charge in [-0.05, 0) is 30.7 Å². The van der Waals surface area contributed by atoms with Gasteiger partial charge in [0.1, 0.15) is 6.04 Å². The zero-order chi connectivity index (χ0) is 19.2. The topological polar surface area (TPSA) is 96.4 Å². The second-order valence-corrected chi connectivity index (χ2v) is 7.50. The van der Waals surface area contributed by atoms with Crippen molar-refractivity contribution in [1.82, 2.24) is 10.3 Å². The van der Waals surface area contributed by atoms with Crippen LogP contribution in [0.3, 0.4) is 0 Å². The van der Waals surface area contributed by atoms with Crippen molar-refractivity contribution in [2.75, 3.05) is 5.75 Å². The summed E-state index contributed by atoms with van der Waals surface area (Å²) in [7, 11) is -1.33. The smallest absolute Gasteiger partial charge is 0.326 e. The van der Waals surface area contributed by atoms with E-state index in [1.165, 1.54) is 6.20 Å². The molecule has 0 aliphatic heterocycles. The minimum Gasteiger partial charge on any atom is -0.480 e. The molecule has 0 aliphatic rings. The number of carboxylic acids is 1. The van der Waals surface area contributed by atoms with Gasteiger partial charge in [-0.25, -0.2) is 4.79 Å². The standard InChI is InChI=1S/C20H18N2O4S/c23-19(15-12-14-6-4-5-9-17(14)21-13-15)22-18(20(24)25)10-11-27(26)16-7-2-1-3-8-16/h1-9,12-13,18H,10-11H2,(H,22,23)(H,24,25)/t18-,27+/m1/s1. The summed E-state index contributed by atoms with van der Waals surface area (Å²) in [5, 5.41) is 12.7. The van der Waals surface area contributed by atoms with E-state index in [9.17, 15) is 18.9 Å².